The van der Waals surface area contributed by atoms with Crippen LogP contribution < -0.4 is 16.0 Å². The number of carbonyl (C=O) groups is 2. The van der Waals surface area contributed by atoms with Gasteiger partial charge in [0, 0.05) is 7.05 Å². The summed E-state index contributed by atoms with van der Waals surface area (Å²) in [5.41, 5.74) is 1.03. The van der Waals surface area contributed by atoms with Gasteiger partial charge in [-0.2, -0.15) is 0 Å². The summed E-state index contributed by atoms with van der Waals surface area (Å²) < 4.78 is 0. The second kappa shape index (κ2) is 5.64. The highest BCUT2D eigenvalue weighted by molar-refractivity contribution is 6.04. The van der Waals surface area contributed by atoms with E-state index in [1.165, 1.54) is 0 Å². The maximum absolute atomic E-state index is 12.0. The lowest BCUT2D eigenvalue weighted by Crippen LogP contribution is -2.36. The number of hydrogen-bond donors (Lipinski definition) is 3. The molecule has 2 amide bonds. The summed E-state index contributed by atoms with van der Waals surface area (Å²) in [4.78, 5) is 23.6. The van der Waals surface area contributed by atoms with Gasteiger partial charge in [0.2, 0.25) is 5.91 Å². The molecule has 2 rings (SSSR count). The minimum Gasteiger partial charge on any atom is -0.355 e. The van der Waals surface area contributed by atoms with Crippen LogP contribution in [-0.4, -0.2) is 31.4 Å². The van der Waals surface area contributed by atoms with E-state index in [4.69, 9.17) is 0 Å². The molecule has 18 heavy (non-hydrogen) atoms. The monoisotopic (exact) mass is 247 g/mol. The van der Waals surface area contributed by atoms with Gasteiger partial charge >= 0.3 is 0 Å². The summed E-state index contributed by atoms with van der Waals surface area (Å²) in [6.07, 6.45) is 1.85. The summed E-state index contributed by atoms with van der Waals surface area (Å²) in [7, 11) is 1.57. The van der Waals surface area contributed by atoms with Crippen LogP contribution in [0.1, 0.15) is 23.2 Å². The molecule has 0 saturated carbocycles. The molecule has 96 valence electrons. The van der Waals surface area contributed by atoms with E-state index in [1.807, 2.05) is 0 Å². The van der Waals surface area contributed by atoms with Crippen molar-refractivity contribution >= 4 is 17.5 Å². The molecule has 3 N–H and O–H groups in total. The van der Waals surface area contributed by atoms with Crippen LogP contribution in [0.2, 0.25) is 0 Å². The number of benzene rings is 1. The van der Waals surface area contributed by atoms with Gasteiger partial charge in [-0.15, -0.1) is 0 Å². The van der Waals surface area contributed by atoms with Gasteiger partial charge in [-0.3, -0.25) is 9.59 Å². The van der Waals surface area contributed by atoms with Crippen molar-refractivity contribution in [2.75, 3.05) is 18.9 Å². The highest BCUT2D eigenvalue weighted by Crippen LogP contribution is 2.16. The van der Waals surface area contributed by atoms with Crippen LogP contribution in [0.25, 0.3) is 0 Å². The number of carbonyl (C=O) groups excluding carboxylic acids is 2. The molecule has 1 aromatic carbocycles. The molecule has 1 aromatic rings. The van der Waals surface area contributed by atoms with E-state index in [2.05, 4.69) is 16.0 Å². The first-order chi connectivity index (χ1) is 8.72. The minimum absolute atomic E-state index is 0.0798. The number of anilines is 1. The number of hydrogen-bond acceptors (Lipinski definition) is 3. The van der Waals surface area contributed by atoms with Crippen LogP contribution >= 0.6 is 0 Å². The van der Waals surface area contributed by atoms with E-state index in [-0.39, 0.29) is 17.9 Å². The third-order valence-corrected chi connectivity index (χ3v) is 3.03. The molecule has 1 fully saturated rings. The van der Waals surface area contributed by atoms with E-state index in [0.717, 1.165) is 19.4 Å². The molecule has 1 unspecified atom stereocenters. The third kappa shape index (κ3) is 2.68. The number of rotatable bonds is 3. The van der Waals surface area contributed by atoms with Crippen molar-refractivity contribution in [2.24, 2.45) is 0 Å². The standard InChI is InChI=1S/C13H17N3O2/c1-14-12(17)9-5-2-3-6-10(9)16-13(18)11-7-4-8-15-11/h2-3,5-6,11,15H,4,7-8H2,1H3,(H,14,17)(H,16,18). The van der Waals surface area contributed by atoms with E-state index in [0.29, 0.717) is 11.3 Å². The Hall–Kier alpha value is -1.88. The SMILES string of the molecule is CNC(=O)c1ccccc1NC(=O)C1CCCN1. The van der Waals surface area contributed by atoms with Gasteiger partial charge < -0.3 is 16.0 Å². The van der Waals surface area contributed by atoms with Gasteiger partial charge in [0.25, 0.3) is 5.91 Å². The highest BCUT2D eigenvalue weighted by Gasteiger charge is 2.23. The van der Waals surface area contributed by atoms with E-state index >= 15 is 0 Å². The Labute approximate surface area is 106 Å². The topological polar surface area (TPSA) is 70.2 Å². The van der Waals surface area contributed by atoms with E-state index < -0.39 is 0 Å². The Morgan fingerprint density at radius 2 is 2.11 bits per heavy atom. The van der Waals surface area contributed by atoms with E-state index in [1.54, 1.807) is 31.3 Å². The molecule has 0 spiro atoms. The van der Waals surface area contributed by atoms with Crippen LogP contribution in [0, 0.1) is 0 Å². The molecule has 1 atom stereocenters. The molecule has 1 aliphatic heterocycles. The Kier molecular flexibility index (Phi) is 3.94. The van der Waals surface area contributed by atoms with Crippen molar-refractivity contribution in [1.82, 2.24) is 10.6 Å². The zero-order valence-corrected chi connectivity index (χ0v) is 10.3. The van der Waals surface area contributed by atoms with Gasteiger partial charge in [0.1, 0.15) is 0 Å². The average molecular weight is 247 g/mol. The van der Waals surface area contributed by atoms with Crippen molar-refractivity contribution in [1.29, 1.82) is 0 Å². The Morgan fingerprint density at radius 1 is 1.33 bits per heavy atom. The number of nitrogens with one attached hydrogen (secondary N) is 3. The van der Waals surface area contributed by atoms with Crippen molar-refractivity contribution in [3.05, 3.63) is 29.8 Å². The zero-order chi connectivity index (χ0) is 13.0. The van der Waals surface area contributed by atoms with Gasteiger partial charge in [0.05, 0.1) is 17.3 Å². The quantitative estimate of drug-likeness (QED) is 0.737. The molecule has 0 bridgehead atoms. The normalized spacial score (nSPS) is 18.4. The molecule has 5 heteroatoms. The summed E-state index contributed by atoms with van der Waals surface area (Å²) in [5, 5.41) is 8.49. The van der Waals surface area contributed by atoms with Crippen molar-refractivity contribution in [3.8, 4) is 0 Å². The second-order valence-electron chi connectivity index (χ2n) is 4.26. The Bertz CT molecular complexity index is 453. The summed E-state index contributed by atoms with van der Waals surface area (Å²) in [6, 6.07) is 6.84. The third-order valence-electron chi connectivity index (χ3n) is 3.03. The predicted octanol–water partition coefficient (Wildman–Crippen LogP) is 0.737. The molecular formula is C13H17N3O2. The smallest absolute Gasteiger partial charge is 0.253 e. The van der Waals surface area contributed by atoms with Gasteiger partial charge in [0.15, 0.2) is 0 Å². The predicted molar refractivity (Wildman–Crippen MR) is 69.5 cm³/mol. The molecule has 1 saturated heterocycles. The lowest BCUT2D eigenvalue weighted by molar-refractivity contribution is -0.117. The fourth-order valence-corrected chi connectivity index (χ4v) is 2.05. The van der Waals surface area contributed by atoms with Crippen LogP contribution in [0.4, 0.5) is 5.69 Å². The maximum atomic E-state index is 12.0. The molecule has 1 heterocycles. The van der Waals surface area contributed by atoms with Crippen molar-refractivity contribution in [3.63, 3.8) is 0 Å². The van der Waals surface area contributed by atoms with Crippen LogP contribution in [0.5, 0.6) is 0 Å². The lowest BCUT2D eigenvalue weighted by Gasteiger charge is -2.13. The summed E-state index contributed by atoms with van der Waals surface area (Å²) in [6.45, 7) is 0.870. The fraction of sp³-hybridized carbons (Fsp3) is 0.385. The first-order valence-electron chi connectivity index (χ1n) is 6.07. The lowest BCUT2D eigenvalue weighted by atomic mass is 10.1. The molecule has 0 radical (unpaired) electrons. The van der Waals surface area contributed by atoms with Gasteiger partial charge in [-0.05, 0) is 31.5 Å². The Balaban J connectivity index is 2.13. The van der Waals surface area contributed by atoms with Crippen LogP contribution in [0.3, 0.4) is 0 Å². The van der Waals surface area contributed by atoms with Crippen LogP contribution in [-0.2, 0) is 4.79 Å². The largest absolute Gasteiger partial charge is 0.355 e. The van der Waals surface area contributed by atoms with Gasteiger partial charge in [-0.1, -0.05) is 12.1 Å². The summed E-state index contributed by atoms with van der Waals surface area (Å²) >= 11 is 0. The first-order valence-corrected chi connectivity index (χ1v) is 6.07. The van der Waals surface area contributed by atoms with Crippen molar-refractivity contribution in [2.45, 2.75) is 18.9 Å². The number of amides is 2. The number of para-hydroxylation sites is 1. The Morgan fingerprint density at radius 3 is 2.78 bits per heavy atom. The van der Waals surface area contributed by atoms with Gasteiger partial charge in [-0.25, -0.2) is 0 Å². The van der Waals surface area contributed by atoms with Crippen molar-refractivity contribution < 1.29 is 9.59 Å². The maximum Gasteiger partial charge on any atom is 0.253 e. The van der Waals surface area contributed by atoms with Crippen LogP contribution in [0.15, 0.2) is 24.3 Å². The average Bonchev–Trinajstić information content (AvgIpc) is 2.92. The molecule has 5 nitrogen and oxygen atoms in total. The zero-order valence-electron chi connectivity index (χ0n) is 10.3. The highest BCUT2D eigenvalue weighted by atomic mass is 16.2. The molecule has 0 aromatic heterocycles. The summed E-state index contributed by atoms with van der Waals surface area (Å²) in [5.74, 6) is -0.283. The van der Waals surface area contributed by atoms with E-state index in [9.17, 15) is 9.59 Å². The second-order valence-corrected chi connectivity index (χ2v) is 4.26. The molecular weight excluding hydrogens is 230 g/mol. The fourth-order valence-electron chi connectivity index (χ4n) is 2.05. The minimum atomic E-state index is -0.203. The molecule has 0 aliphatic carbocycles. The first kappa shape index (κ1) is 12.6. The molecule has 1 aliphatic rings.